The number of unbranched alkanes of at least 4 members (excludes halogenated alkanes) is 12. The first-order valence-corrected chi connectivity index (χ1v) is 17.4. The third-order valence-electron chi connectivity index (χ3n) is 8.94. The van der Waals surface area contributed by atoms with Crippen LogP contribution in [0.4, 0.5) is 0 Å². The molecule has 42 heavy (non-hydrogen) atoms. The number of ether oxygens (including phenoxy) is 2. The van der Waals surface area contributed by atoms with Gasteiger partial charge in [0, 0.05) is 24.8 Å². The number of carbonyl (C=O) groups is 2. The number of carbonyl (C=O) groups excluding carboxylic acids is 2. The first kappa shape index (κ1) is 36.9. The SMILES string of the molecule is CCCCCCCCCCCC[C@H](O)[C@@H]1CC[C@@H]([C@H](O)CCCC(=O)CCCCCC[C@@H](O)CC2=C[C@H](C)OC2=O)O1. The second-order valence-electron chi connectivity index (χ2n) is 12.9. The van der Waals surface area contributed by atoms with Crippen molar-refractivity contribution in [1.82, 2.24) is 0 Å². The number of ketones is 1. The van der Waals surface area contributed by atoms with E-state index in [1.165, 1.54) is 57.8 Å². The second-order valence-corrected chi connectivity index (χ2v) is 12.9. The summed E-state index contributed by atoms with van der Waals surface area (Å²) < 4.78 is 11.1. The van der Waals surface area contributed by atoms with Crippen LogP contribution in [-0.2, 0) is 19.1 Å². The van der Waals surface area contributed by atoms with Gasteiger partial charge in [-0.1, -0.05) is 90.4 Å². The molecule has 6 atom stereocenters. The molecule has 7 heteroatoms. The molecule has 0 aromatic carbocycles. The van der Waals surface area contributed by atoms with Crippen LogP contribution >= 0.6 is 0 Å². The van der Waals surface area contributed by atoms with E-state index >= 15 is 0 Å². The number of aliphatic hydroxyl groups is 3. The number of esters is 1. The maximum atomic E-state index is 12.3. The summed E-state index contributed by atoms with van der Waals surface area (Å²) in [4.78, 5) is 23.9. The summed E-state index contributed by atoms with van der Waals surface area (Å²) in [6, 6.07) is 0. The van der Waals surface area contributed by atoms with Gasteiger partial charge in [0.05, 0.1) is 30.5 Å². The first-order valence-electron chi connectivity index (χ1n) is 17.4. The Kier molecular flexibility index (Phi) is 19.6. The fourth-order valence-corrected chi connectivity index (χ4v) is 6.29. The topological polar surface area (TPSA) is 113 Å². The first-order chi connectivity index (χ1) is 20.3. The highest BCUT2D eigenvalue weighted by Crippen LogP contribution is 2.28. The van der Waals surface area contributed by atoms with Gasteiger partial charge in [-0.3, -0.25) is 4.79 Å². The van der Waals surface area contributed by atoms with Crippen molar-refractivity contribution in [3.05, 3.63) is 11.6 Å². The smallest absolute Gasteiger partial charge is 0.334 e. The number of aliphatic hydroxyl groups excluding tert-OH is 3. The fraction of sp³-hybridized carbons (Fsp3) is 0.886. The largest absolute Gasteiger partial charge is 0.455 e. The van der Waals surface area contributed by atoms with Gasteiger partial charge in [-0.25, -0.2) is 4.79 Å². The lowest BCUT2D eigenvalue weighted by Crippen LogP contribution is -2.31. The van der Waals surface area contributed by atoms with Gasteiger partial charge in [0.2, 0.25) is 0 Å². The molecule has 0 spiro atoms. The summed E-state index contributed by atoms with van der Waals surface area (Å²) in [6.07, 6.45) is 21.6. The van der Waals surface area contributed by atoms with Gasteiger partial charge < -0.3 is 24.8 Å². The van der Waals surface area contributed by atoms with E-state index in [0.717, 1.165) is 51.4 Å². The minimum Gasteiger partial charge on any atom is -0.455 e. The molecule has 0 bridgehead atoms. The highest BCUT2D eigenvalue weighted by molar-refractivity contribution is 5.90. The Morgan fingerprint density at radius 2 is 1.26 bits per heavy atom. The Labute approximate surface area is 255 Å². The zero-order valence-electron chi connectivity index (χ0n) is 26.8. The van der Waals surface area contributed by atoms with Crippen molar-refractivity contribution in [2.24, 2.45) is 0 Å². The molecule has 244 valence electrons. The van der Waals surface area contributed by atoms with Crippen molar-refractivity contribution >= 4 is 11.8 Å². The Hall–Kier alpha value is -1.28. The van der Waals surface area contributed by atoms with E-state index in [0.29, 0.717) is 44.1 Å². The molecule has 0 aromatic rings. The number of hydrogen-bond acceptors (Lipinski definition) is 7. The molecule has 0 unspecified atom stereocenters. The molecule has 2 heterocycles. The standard InChI is InChI=1S/C35H62O7/c1-3-4-5-6-7-8-9-10-11-16-21-31(38)33-23-24-34(42-33)32(39)22-17-20-29(36)18-14-12-13-15-19-30(37)26-28-25-27(2)41-35(28)40/h25,27,30-34,37-39H,3-24,26H2,1-2H3/t27-,30+,31-,32+,33-,34-/m0/s1. The number of rotatable bonds is 26. The van der Waals surface area contributed by atoms with Crippen LogP contribution in [0.1, 0.15) is 162 Å². The molecule has 0 aromatic heterocycles. The van der Waals surface area contributed by atoms with Gasteiger partial charge in [0.15, 0.2) is 0 Å². The lowest BCUT2D eigenvalue weighted by atomic mass is 9.99. The summed E-state index contributed by atoms with van der Waals surface area (Å²) in [5, 5.41) is 31.3. The Balaban J connectivity index is 1.42. The van der Waals surface area contributed by atoms with Crippen LogP contribution < -0.4 is 0 Å². The van der Waals surface area contributed by atoms with Gasteiger partial charge in [0.25, 0.3) is 0 Å². The molecule has 2 aliphatic rings. The molecule has 0 amide bonds. The van der Waals surface area contributed by atoms with E-state index in [1.54, 1.807) is 6.08 Å². The molecular formula is C35H62O7. The van der Waals surface area contributed by atoms with Crippen LogP contribution in [-0.4, -0.2) is 63.7 Å². The van der Waals surface area contributed by atoms with E-state index in [9.17, 15) is 24.9 Å². The molecule has 1 saturated heterocycles. The lowest BCUT2D eigenvalue weighted by Gasteiger charge is -2.22. The fourth-order valence-electron chi connectivity index (χ4n) is 6.29. The van der Waals surface area contributed by atoms with Crippen molar-refractivity contribution in [3.8, 4) is 0 Å². The van der Waals surface area contributed by atoms with Gasteiger partial charge in [0.1, 0.15) is 11.9 Å². The predicted octanol–water partition coefficient (Wildman–Crippen LogP) is 7.27. The molecular weight excluding hydrogens is 532 g/mol. The summed E-state index contributed by atoms with van der Waals surface area (Å²) >= 11 is 0. The quantitative estimate of drug-likeness (QED) is 0.0713. The van der Waals surface area contributed by atoms with E-state index in [2.05, 4.69) is 6.92 Å². The normalized spacial score (nSPS) is 22.6. The Bertz CT molecular complexity index is 766. The van der Waals surface area contributed by atoms with Crippen LogP contribution in [0.25, 0.3) is 0 Å². The van der Waals surface area contributed by atoms with E-state index in [1.807, 2.05) is 6.92 Å². The highest BCUT2D eigenvalue weighted by atomic mass is 16.5. The Morgan fingerprint density at radius 3 is 1.83 bits per heavy atom. The van der Waals surface area contributed by atoms with Crippen LogP contribution in [0.5, 0.6) is 0 Å². The molecule has 3 N–H and O–H groups in total. The molecule has 2 rings (SSSR count). The van der Waals surface area contributed by atoms with Crippen LogP contribution in [0.2, 0.25) is 0 Å². The van der Waals surface area contributed by atoms with Crippen LogP contribution in [0.15, 0.2) is 11.6 Å². The van der Waals surface area contributed by atoms with Gasteiger partial charge in [-0.2, -0.15) is 0 Å². The summed E-state index contributed by atoms with van der Waals surface area (Å²) in [6.45, 7) is 4.06. The number of Topliss-reactive ketones (excluding diaryl/α,β-unsaturated/α-hetero) is 1. The third kappa shape index (κ3) is 16.0. The van der Waals surface area contributed by atoms with Crippen molar-refractivity contribution in [2.75, 3.05) is 0 Å². The third-order valence-corrected chi connectivity index (χ3v) is 8.94. The zero-order valence-corrected chi connectivity index (χ0v) is 26.8. The molecule has 0 radical (unpaired) electrons. The van der Waals surface area contributed by atoms with Crippen molar-refractivity contribution in [3.63, 3.8) is 0 Å². The maximum absolute atomic E-state index is 12.3. The molecule has 0 saturated carbocycles. The molecule has 0 aliphatic carbocycles. The summed E-state index contributed by atoms with van der Waals surface area (Å²) in [5.74, 6) is -0.0821. The predicted molar refractivity (Wildman–Crippen MR) is 167 cm³/mol. The van der Waals surface area contributed by atoms with Crippen molar-refractivity contribution < 1.29 is 34.4 Å². The molecule has 1 fully saturated rings. The highest BCUT2D eigenvalue weighted by Gasteiger charge is 2.34. The number of hydrogen-bond donors (Lipinski definition) is 3. The van der Waals surface area contributed by atoms with Gasteiger partial charge in [-0.05, 0) is 57.9 Å². The molecule has 2 aliphatic heterocycles. The summed E-state index contributed by atoms with van der Waals surface area (Å²) in [5.41, 5.74) is 0.571. The Morgan fingerprint density at radius 1 is 0.762 bits per heavy atom. The van der Waals surface area contributed by atoms with Crippen molar-refractivity contribution in [2.45, 2.75) is 198 Å². The maximum Gasteiger partial charge on any atom is 0.334 e. The van der Waals surface area contributed by atoms with Gasteiger partial charge in [-0.15, -0.1) is 0 Å². The van der Waals surface area contributed by atoms with Crippen LogP contribution in [0, 0.1) is 0 Å². The van der Waals surface area contributed by atoms with E-state index < -0.39 is 18.3 Å². The van der Waals surface area contributed by atoms with E-state index in [4.69, 9.17) is 9.47 Å². The monoisotopic (exact) mass is 594 g/mol. The average Bonchev–Trinajstić information content (AvgIpc) is 3.57. The minimum atomic E-state index is -0.580. The summed E-state index contributed by atoms with van der Waals surface area (Å²) in [7, 11) is 0. The van der Waals surface area contributed by atoms with E-state index in [-0.39, 0.29) is 30.1 Å². The average molecular weight is 595 g/mol. The van der Waals surface area contributed by atoms with Crippen LogP contribution in [0.3, 0.4) is 0 Å². The van der Waals surface area contributed by atoms with Gasteiger partial charge >= 0.3 is 5.97 Å². The number of cyclic esters (lactones) is 1. The molecule has 7 nitrogen and oxygen atoms in total. The minimum absolute atomic E-state index is 0.175. The van der Waals surface area contributed by atoms with Crippen molar-refractivity contribution in [1.29, 1.82) is 0 Å². The second kappa shape index (κ2) is 22.3. The zero-order chi connectivity index (χ0) is 30.6. The lowest BCUT2D eigenvalue weighted by molar-refractivity contribution is -0.139.